The van der Waals surface area contributed by atoms with E-state index in [4.69, 9.17) is 0 Å². The molecule has 2 nitrogen and oxygen atoms in total. The first-order valence-corrected chi connectivity index (χ1v) is 7.22. The second kappa shape index (κ2) is 8.02. The molecular weight excluding hydrogens is 224 g/mol. The van der Waals surface area contributed by atoms with Crippen molar-refractivity contribution in [2.24, 2.45) is 0 Å². The van der Waals surface area contributed by atoms with Gasteiger partial charge in [0.05, 0.1) is 0 Å². The molecule has 0 heterocycles. The number of unbranched alkanes of at least 4 members (excludes halogenated alkanes) is 5. The summed E-state index contributed by atoms with van der Waals surface area (Å²) in [6.07, 6.45) is 9.06. The lowest BCUT2D eigenvalue weighted by Crippen LogP contribution is -1.90. The Morgan fingerprint density at radius 3 is 2.00 bits per heavy atom. The van der Waals surface area contributed by atoms with Crippen LogP contribution >= 0.6 is 0 Å². The molecule has 0 aliphatic carbocycles. The number of rotatable bonds is 8. The molecule has 0 amide bonds. The van der Waals surface area contributed by atoms with Crippen molar-refractivity contribution in [2.75, 3.05) is 0 Å². The lowest BCUT2D eigenvalue weighted by Gasteiger charge is -2.09. The van der Waals surface area contributed by atoms with Crippen LogP contribution in [0.4, 0.5) is 0 Å². The number of phenolic OH excluding ortho intramolecular Hbond substituents is 2. The van der Waals surface area contributed by atoms with Gasteiger partial charge in [0.2, 0.25) is 0 Å². The Kier molecular flexibility index (Phi) is 6.63. The Balaban J connectivity index is 2.40. The first-order chi connectivity index (χ1) is 8.69. The second-order valence-corrected chi connectivity index (χ2v) is 4.98. The molecule has 0 atom stereocenters. The van der Waals surface area contributed by atoms with Crippen LogP contribution in [0.3, 0.4) is 0 Å². The van der Waals surface area contributed by atoms with Crippen molar-refractivity contribution in [2.45, 2.75) is 65.2 Å². The highest BCUT2D eigenvalue weighted by Gasteiger charge is 2.07. The quantitative estimate of drug-likeness (QED) is 0.524. The third kappa shape index (κ3) is 4.59. The molecule has 1 rings (SSSR count). The van der Waals surface area contributed by atoms with Crippen molar-refractivity contribution >= 4 is 0 Å². The van der Waals surface area contributed by atoms with Gasteiger partial charge < -0.3 is 10.2 Å². The summed E-state index contributed by atoms with van der Waals surface area (Å²) in [6, 6.07) is 3.42. The molecule has 0 spiro atoms. The number of aromatic hydroxyl groups is 2. The predicted octanol–water partition coefficient (Wildman–Crippen LogP) is 4.56. The fourth-order valence-corrected chi connectivity index (χ4v) is 2.24. The van der Waals surface area contributed by atoms with Gasteiger partial charge in [-0.1, -0.05) is 46.0 Å². The summed E-state index contributed by atoms with van der Waals surface area (Å²) in [5.74, 6) is 0.648. The van der Waals surface area contributed by atoms with Gasteiger partial charge >= 0.3 is 0 Å². The van der Waals surface area contributed by atoms with Crippen molar-refractivity contribution in [1.82, 2.24) is 0 Å². The standard InChI is InChI=1S/C16H26O2/c1-3-5-6-7-8-9-10-14-12-15(17)13(4-2)11-16(14)18/h11-12,17-18H,3-10H2,1-2H3. The lowest BCUT2D eigenvalue weighted by molar-refractivity contribution is 0.447. The number of hydrogen-bond donors (Lipinski definition) is 2. The maximum atomic E-state index is 9.88. The molecule has 0 aromatic heterocycles. The predicted molar refractivity (Wildman–Crippen MR) is 76.2 cm³/mol. The van der Waals surface area contributed by atoms with E-state index in [2.05, 4.69) is 6.92 Å². The zero-order chi connectivity index (χ0) is 13.4. The average Bonchev–Trinajstić information content (AvgIpc) is 2.37. The summed E-state index contributed by atoms with van der Waals surface area (Å²) in [6.45, 7) is 4.19. The summed E-state index contributed by atoms with van der Waals surface area (Å²) in [5, 5.41) is 19.7. The van der Waals surface area contributed by atoms with Crippen LogP contribution in [0.1, 0.15) is 63.5 Å². The van der Waals surface area contributed by atoms with Gasteiger partial charge in [0.25, 0.3) is 0 Å². The number of benzene rings is 1. The molecule has 18 heavy (non-hydrogen) atoms. The maximum Gasteiger partial charge on any atom is 0.119 e. The van der Waals surface area contributed by atoms with Crippen molar-refractivity contribution in [1.29, 1.82) is 0 Å². The van der Waals surface area contributed by atoms with Crippen LogP contribution in [0.5, 0.6) is 11.5 Å². The molecule has 0 aliphatic rings. The fraction of sp³-hybridized carbons (Fsp3) is 0.625. The van der Waals surface area contributed by atoms with Crippen molar-refractivity contribution in [3.8, 4) is 11.5 Å². The monoisotopic (exact) mass is 250 g/mol. The van der Waals surface area contributed by atoms with Crippen molar-refractivity contribution < 1.29 is 10.2 Å². The third-order valence-corrected chi connectivity index (χ3v) is 3.46. The van der Waals surface area contributed by atoms with E-state index in [-0.39, 0.29) is 0 Å². The SMILES string of the molecule is CCCCCCCCc1cc(O)c(CC)cc1O. The van der Waals surface area contributed by atoms with Crippen LogP contribution in [-0.4, -0.2) is 10.2 Å². The van der Waals surface area contributed by atoms with E-state index in [0.717, 1.165) is 30.4 Å². The smallest absolute Gasteiger partial charge is 0.119 e. The van der Waals surface area contributed by atoms with E-state index in [9.17, 15) is 10.2 Å². The largest absolute Gasteiger partial charge is 0.508 e. The normalized spacial score (nSPS) is 10.8. The van der Waals surface area contributed by atoms with E-state index < -0.39 is 0 Å². The highest BCUT2D eigenvalue weighted by molar-refractivity contribution is 5.45. The Morgan fingerprint density at radius 2 is 1.33 bits per heavy atom. The average molecular weight is 250 g/mol. The van der Waals surface area contributed by atoms with Gasteiger partial charge in [0.1, 0.15) is 11.5 Å². The highest BCUT2D eigenvalue weighted by Crippen LogP contribution is 2.28. The zero-order valence-electron chi connectivity index (χ0n) is 11.7. The molecule has 2 N–H and O–H groups in total. The minimum atomic E-state index is 0.316. The van der Waals surface area contributed by atoms with Crippen LogP contribution in [-0.2, 0) is 12.8 Å². The molecular formula is C16H26O2. The van der Waals surface area contributed by atoms with Gasteiger partial charge in [0.15, 0.2) is 0 Å². The first kappa shape index (κ1) is 14.9. The van der Waals surface area contributed by atoms with Gasteiger partial charge in [0, 0.05) is 0 Å². The van der Waals surface area contributed by atoms with E-state index in [0.29, 0.717) is 11.5 Å². The van der Waals surface area contributed by atoms with Crippen LogP contribution in [0, 0.1) is 0 Å². The van der Waals surface area contributed by atoms with Crippen LogP contribution in [0.2, 0.25) is 0 Å². The molecule has 0 unspecified atom stereocenters. The van der Waals surface area contributed by atoms with Crippen LogP contribution < -0.4 is 0 Å². The zero-order valence-corrected chi connectivity index (χ0v) is 11.7. The van der Waals surface area contributed by atoms with Gasteiger partial charge in [-0.3, -0.25) is 0 Å². The molecule has 0 saturated heterocycles. The molecule has 102 valence electrons. The topological polar surface area (TPSA) is 40.5 Å². The van der Waals surface area contributed by atoms with Crippen molar-refractivity contribution in [3.05, 3.63) is 23.3 Å². The molecule has 2 heteroatoms. The second-order valence-electron chi connectivity index (χ2n) is 4.98. The summed E-state index contributed by atoms with van der Waals surface area (Å²) in [4.78, 5) is 0. The minimum Gasteiger partial charge on any atom is -0.508 e. The van der Waals surface area contributed by atoms with E-state index in [1.807, 2.05) is 6.92 Å². The summed E-state index contributed by atoms with van der Waals surface area (Å²) in [7, 11) is 0. The molecule has 0 saturated carbocycles. The summed E-state index contributed by atoms with van der Waals surface area (Å²) >= 11 is 0. The Bertz CT molecular complexity index is 358. The van der Waals surface area contributed by atoms with Crippen molar-refractivity contribution in [3.63, 3.8) is 0 Å². The summed E-state index contributed by atoms with van der Waals surface area (Å²) < 4.78 is 0. The van der Waals surface area contributed by atoms with Crippen LogP contribution in [0.25, 0.3) is 0 Å². The highest BCUT2D eigenvalue weighted by atomic mass is 16.3. The summed E-state index contributed by atoms with van der Waals surface area (Å²) in [5.41, 5.74) is 1.69. The molecule has 0 aliphatic heterocycles. The molecule has 1 aromatic rings. The molecule has 0 bridgehead atoms. The Labute approximate surface area is 111 Å². The third-order valence-electron chi connectivity index (χ3n) is 3.46. The van der Waals surface area contributed by atoms with Crippen LogP contribution in [0.15, 0.2) is 12.1 Å². The Hall–Kier alpha value is -1.18. The lowest BCUT2D eigenvalue weighted by atomic mass is 10.0. The first-order valence-electron chi connectivity index (χ1n) is 7.22. The van der Waals surface area contributed by atoms with Gasteiger partial charge in [-0.25, -0.2) is 0 Å². The van der Waals surface area contributed by atoms with E-state index >= 15 is 0 Å². The van der Waals surface area contributed by atoms with Gasteiger partial charge in [-0.2, -0.15) is 0 Å². The number of phenols is 2. The number of hydrogen-bond acceptors (Lipinski definition) is 2. The molecule has 0 fully saturated rings. The van der Waals surface area contributed by atoms with Gasteiger partial charge in [-0.15, -0.1) is 0 Å². The van der Waals surface area contributed by atoms with E-state index in [1.165, 1.54) is 32.1 Å². The van der Waals surface area contributed by atoms with Gasteiger partial charge in [-0.05, 0) is 42.5 Å². The Morgan fingerprint density at radius 1 is 0.778 bits per heavy atom. The molecule has 0 radical (unpaired) electrons. The number of aryl methyl sites for hydroxylation is 2. The molecule has 1 aromatic carbocycles. The van der Waals surface area contributed by atoms with E-state index in [1.54, 1.807) is 12.1 Å². The fourth-order valence-electron chi connectivity index (χ4n) is 2.24. The minimum absolute atomic E-state index is 0.316. The maximum absolute atomic E-state index is 9.88.